The van der Waals surface area contributed by atoms with E-state index in [2.05, 4.69) is 0 Å². The molecule has 0 atom stereocenters. The fourth-order valence-electron chi connectivity index (χ4n) is 2.37. The lowest BCUT2D eigenvalue weighted by molar-refractivity contribution is -0.142. The molecule has 0 unspecified atom stereocenters. The van der Waals surface area contributed by atoms with Crippen LogP contribution in [0.5, 0.6) is 11.5 Å². The van der Waals surface area contributed by atoms with Crippen LogP contribution in [0.2, 0.25) is 0 Å². The smallest absolute Gasteiger partial charge is 0.313 e. The Morgan fingerprint density at radius 1 is 1.25 bits per heavy atom. The fourth-order valence-corrected chi connectivity index (χ4v) is 2.37. The van der Waals surface area contributed by atoms with Gasteiger partial charge in [0.25, 0.3) is 0 Å². The zero-order valence-electron chi connectivity index (χ0n) is 12.4. The Kier molecular flexibility index (Phi) is 3.38. The summed E-state index contributed by atoms with van der Waals surface area (Å²) < 4.78 is 12.5. The largest absolute Gasteiger partial charge is 0.497 e. The maximum atomic E-state index is 11.5. The molecule has 20 heavy (non-hydrogen) atoms. The molecule has 2 rings (SSSR count). The average molecular weight is 277 g/mol. The molecule has 0 aliphatic heterocycles. The van der Waals surface area contributed by atoms with Crippen molar-refractivity contribution >= 4 is 16.9 Å². The number of methoxy groups -OCH3 is 2. The third-order valence-corrected chi connectivity index (χ3v) is 3.68. The number of hydrogen-bond donors (Lipinski definition) is 1. The first-order chi connectivity index (χ1) is 9.32. The van der Waals surface area contributed by atoms with E-state index >= 15 is 0 Å². The first kappa shape index (κ1) is 14.2. The summed E-state index contributed by atoms with van der Waals surface area (Å²) in [7, 11) is 5.04. The normalized spacial score (nSPS) is 11.7. The van der Waals surface area contributed by atoms with E-state index in [1.165, 1.54) is 0 Å². The fraction of sp³-hybridized carbons (Fsp3) is 0.400. The topological polar surface area (TPSA) is 60.7 Å². The standard InChI is InChI=1S/C15H19NO4/c1-15(2,14(17)18)11-8-16(3)13-10(11)6-9(19-4)7-12(13)20-5/h6-8H,1-5H3,(H,17,18). The van der Waals surface area contributed by atoms with Gasteiger partial charge < -0.3 is 19.1 Å². The average Bonchev–Trinajstić information content (AvgIpc) is 2.75. The first-order valence-electron chi connectivity index (χ1n) is 6.27. The summed E-state index contributed by atoms with van der Waals surface area (Å²) in [6, 6.07) is 3.64. The number of aryl methyl sites for hydroxylation is 1. The van der Waals surface area contributed by atoms with Crippen LogP contribution in [-0.2, 0) is 17.3 Å². The zero-order valence-corrected chi connectivity index (χ0v) is 12.4. The minimum Gasteiger partial charge on any atom is -0.497 e. The minimum absolute atomic E-state index is 0.642. The molecule has 5 heteroatoms. The van der Waals surface area contributed by atoms with Crippen molar-refractivity contribution in [2.24, 2.45) is 7.05 Å². The van der Waals surface area contributed by atoms with Crippen molar-refractivity contribution < 1.29 is 19.4 Å². The van der Waals surface area contributed by atoms with Gasteiger partial charge in [0.05, 0.1) is 25.2 Å². The number of aliphatic carboxylic acids is 1. The summed E-state index contributed by atoms with van der Waals surface area (Å²) in [4.78, 5) is 11.5. The number of ether oxygens (including phenoxy) is 2. The minimum atomic E-state index is -0.989. The highest BCUT2D eigenvalue weighted by Gasteiger charge is 2.33. The second kappa shape index (κ2) is 4.74. The van der Waals surface area contributed by atoms with Gasteiger partial charge in [-0.05, 0) is 25.5 Å². The highest BCUT2D eigenvalue weighted by molar-refractivity contribution is 5.95. The van der Waals surface area contributed by atoms with Crippen LogP contribution in [0.4, 0.5) is 0 Å². The van der Waals surface area contributed by atoms with Crippen LogP contribution < -0.4 is 9.47 Å². The molecule has 0 saturated carbocycles. The maximum absolute atomic E-state index is 11.5. The third-order valence-electron chi connectivity index (χ3n) is 3.68. The van der Waals surface area contributed by atoms with E-state index in [0.29, 0.717) is 11.5 Å². The lowest BCUT2D eigenvalue weighted by atomic mass is 9.84. The van der Waals surface area contributed by atoms with E-state index < -0.39 is 11.4 Å². The molecule has 1 aromatic heterocycles. The van der Waals surface area contributed by atoms with Crippen LogP contribution in [-0.4, -0.2) is 29.9 Å². The van der Waals surface area contributed by atoms with Crippen molar-refractivity contribution in [1.82, 2.24) is 4.57 Å². The Labute approximate surface area is 117 Å². The van der Waals surface area contributed by atoms with Gasteiger partial charge in [-0.1, -0.05) is 0 Å². The quantitative estimate of drug-likeness (QED) is 0.933. The van der Waals surface area contributed by atoms with E-state index in [4.69, 9.17) is 9.47 Å². The molecule has 1 heterocycles. The van der Waals surface area contributed by atoms with Gasteiger partial charge in [0.15, 0.2) is 0 Å². The van der Waals surface area contributed by atoms with Crippen molar-refractivity contribution in [2.45, 2.75) is 19.3 Å². The number of nitrogens with zero attached hydrogens (tertiary/aromatic N) is 1. The second-order valence-corrected chi connectivity index (χ2v) is 5.31. The molecule has 0 aliphatic carbocycles. The molecule has 0 fully saturated rings. The summed E-state index contributed by atoms with van der Waals surface area (Å²) in [6.45, 7) is 3.38. The van der Waals surface area contributed by atoms with Crippen molar-refractivity contribution in [3.8, 4) is 11.5 Å². The Hall–Kier alpha value is -2.17. The highest BCUT2D eigenvalue weighted by atomic mass is 16.5. The lowest BCUT2D eigenvalue weighted by Gasteiger charge is -2.18. The van der Waals surface area contributed by atoms with Crippen LogP contribution in [0.1, 0.15) is 19.4 Å². The molecule has 0 spiro atoms. The molecule has 1 N–H and O–H groups in total. The first-order valence-corrected chi connectivity index (χ1v) is 6.27. The predicted molar refractivity (Wildman–Crippen MR) is 76.7 cm³/mol. The molecule has 0 aliphatic rings. The van der Waals surface area contributed by atoms with Gasteiger partial charge in [0, 0.05) is 24.7 Å². The zero-order chi connectivity index (χ0) is 15.1. The molecule has 108 valence electrons. The summed E-state index contributed by atoms with van der Waals surface area (Å²) >= 11 is 0. The monoisotopic (exact) mass is 277 g/mol. The molecule has 0 bridgehead atoms. The van der Waals surface area contributed by atoms with Crippen molar-refractivity contribution in [2.75, 3.05) is 14.2 Å². The maximum Gasteiger partial charge on any atom is 0.313 e. The Morgan fingerprint density at radius 3 is 2.40 bits per heavy atom. The van der Waals surface area contributed by atoms with Crippen LogP contribution in [0.3, 0.4) is 0 Å². The third kappa shape index (κ3) is 1.99. The lowest BCUT2D eigenvalue weighted by Crippen LogP contribution is -2.28. The Bertz CT molecular complexity index is 670. The molecular formula is C15H19NO4. The van der Waals surface area contributed by atoms with Gasteiger partial charge in [0.2, 0.25) is 0 Å². The van der Waals surface area contributed by atoms with Crippen LogP contribution in [0.25, 0.3) is 10.9 Å². The second-order valence-electron chi connectivity index (χ2n) is 5.31. The van der Waals surface area contributed by atoms with Gasteiger partial charge in [0.1, 0.15) is 11.5 Å². The van der Waals surface area contributed by atoms with E-state index in [1.54, 1.807) is 34.1 Å². The number of rotatable bonds is 4. The number of benzene rings is 1. The van der Waals surface area contributed by atoms with Gasteiger partial charge in [-0.2, -0.15) is 0 Å². The van der Waals surface area contributed by atoms with E-state index in [0.717, 1.165) is 16.5 Å². The number of carboxylic acid groups (broad SMARTS) is 1. The Morgan fingerprint density at radius 2 is 1.90 bits per heavy atom. The number of aromatic nitrogens is 1. The Balaban J connectivity index is 2.85. The summed E-state index contributed by atoms with van der Waals surface area (Å²) in [5, 5.41) is 10.3. The molecule has 0 amide bonds. The molecular weight excluding hydrogens is 258 g/mol. The van der Waals surface area contributed by atoms with Crippen LogP contribution in [0, 0.1) is 0 Å². The highest BCUT2D eigenvalue weighted by Crippen LogP contribution is 2.38. The van der Waals surface area contributed by atoms with Gasteiger partial charge >= 0.3 is 5.97 Å². The number of hydrogen-bond acceptors (Lipinski definition) is 3. The van der Waals surface area contributed by atoms with Crippen LogP contribution >= 0.6 is 0 Å². The summed E-state index contributed by atoms with van der Waals surface area (Å²) in [5.41, 5.74) is 0.606. The van der Waals surface area contributed by atoms with E-state index in [1.807, 2.05) is 23.9 Å². The van der Waals surface area contributed by atoms with Crippen molar-refractivity contribution in [3.63, 3.8) is 0 Å². The van der Waals surface area contributed by atoms with Gasteiger partial charge in [-0.3, -0.25) is 4.79 Å². The summed E-state index contributed by atoms with van der Waals surface area (Å²) in [5.74, 6) is 0.434. The molecule has 0 radical (unpaired) electrons. The summed E-state index contributed by atoms with van der Waals surface area (Å²) in [6.07, 6.45) is 1.83. The molecule has 1 aromatic carbocycles. The number of fused-ring (bicyclic) bond motifs is 1. The number of carbonyl (C=O) groups is 1. The SMILES string of the molecule is COc1cc(OC)c2c(c1)c(C(C)(C)C(=O)O)cn2C. The van der Waals surface area contributed by atoms with Gasteiger partial charge in [-0.15, -0.1) is 0 Å². The number of carboxylic acids is 1. The van der Waals surface area contributed by atoms with Gasteiger partial charge in [-0.25, -0.2) is 0 Å². The van der Waals surface area contributed by atoms with Crippen LogP contribution in [0.15, 0.2) is 18.3 Å². The van der Waals surface area contributed by atoms with E-state index in [-0.39, 0.29) is 0 Å². The van der Waals surface area contributed by atoms with E-state index in [9.17, 15) is 9.90 Å². The van der Waals surface area contributed by atoms with Crippen molar-refractivity contribution in [3.05, 3.63) is 23.9 Å². The van der Waals surface area contributed by atoms with Crippen molar-refractivity contribution in [1.29, 1.82) is 0 Å². The molecule has 2 aromatic rings. The molecule has 5 nitrogen and oxygen atoms in total. The predicted octanol–water partition coefficient (Wildman–Crippen LogP) is 2.56. The molecule has 0 saturated heterocycles.